The first-order valence-corrected chi connectivity index (χ1v) is 5.80. The van der Waals surface area contributed by atoms with E-state index >= 15 is 0 Å². The number of hydrogen-bond acceptors (Lipinski definition) is 4. The van der Waals surface area contributed by atoms with Gasteiger partial charge in [-0.05, 0) is 29.8 Å². The van der Waals surface area contributed by atoms with Crippen LogP contribution in [-0.2, 0) is 0 Å². The lowest BCUT2D eigenvalue weighted by molar-refractivity contribution is 0.423. The van der Waals surface area contributed by atoms with E-state index in [4.69, 9.17) is 27.9 Å². The molecule has 0 amide bonds. The zero-order chi connectivity index (χ0) is 12.4. The summed E-state index contributed by atoms with van der Waals surface area (Å²) < 4.78 is 19.2. The average Bonchev–Trinajstić information content (AvgIpc) is 2.27. The largest absolute Gasteiger partial charge is 0.433 e. The molecule has 0 atom stereocenters. The van der Waals surface area contributed by atoms with E-state index in [1.165, 1.54) is 12.1 Å². The smallest absolute Gasteiger partial charge is 0.262 e. The van der Waals surface area contributed by atoms with E-state index in [9.17, 15) is 4.39 Å². The second-order valence-electron chi connectivity index (χ2n) is 2.85. The maximum atomic E-state index is 13.5. The highest BCUT2D eigenvalue weighted by Crippen LogP contribution is 2.29. The molecule has 0 unspecified atom stereocenters. The molecular formula is C9H3BrCl2FN3O. The third-order valence-electron chi connectivity index (χ3n) is 1.69. The molecule has 17 heavy (non-hydrogen) atoms. The van der Waals surface area contributed by atoms with Crippen LogP contribution in [-0.4, -0.2) is 15.2 Å². The summed E-state index contributed by atoms with van der Waals surface area (Å²) in [6, 6.07) is 4.29. The maximum Gasteiger partial charge on any atom is 0.262 e. The Hall–Kier alpha value is -0.980. The Balaban J connectivity index is 2.34. The standard InChI is InChI=1S/C9H3BrCl2FN3O/c10-4-1-2-6(5(13)3-4)17-8-7(11)15-16-9(12)14-8/h1-3H. The van der Waals surface area contributed by atoms with Crippen LogP contribution in [0, 0.1) is 5.82 Å². The van der Waals surface area contributed by atoms with Gasteiger partial charge in [0.2, 0.25) is 10.4 Å². The molecule has 0 bridgehead atoms. The van der Waals surface area contributed by atoms with Gasteiger partial charge >= 0.3 is 0 Å². The number of halogens is 4. The Morgan fingerprint density at radius 1 is 1.24 bits per heavy atom. The lowest BCUT2D eigenvalue weighted by Crippen LogP contribution is -1.96. The van der Waals surface area contributed by atoms with Crippen molar-refractivity contribution in [2.75, 3.05) is 0 Å². The predicted molar refractivity (Wildman–Crippen MR) is 64.0 cm³/mol. The summed E-state index contributed by atoms with van der Waals surface area (Å²) in [6.45, 7) is 0. The number of benzene rings is 1. The van der Waals surface area contributed by atoms with E-state index in [0.29, 0.717) is 4.47 Å². The SMILES string of the molecule is Fc1cc(Br)ccc1Oc1nc(Cl)nnc1Cl. The first-order valence-electron chi connectivity index (χ1n) is 4.25. The summed E-state index contributed by atoms with van der Waals surface area (Å²) in [5.74, 6) is -0.704. The van der Waals surface area contributed by atoms with Gasteiger partial charge in [0, 0.05) is 4.47 Å². The van der Waals surface area contributed by atoms with Crippen LogP contribution in [0.25, 0.3) is 0 Å². The molecule has 0 saturated heterocycles. The number of aromatic nitrogens is 3. The van der Waals surface area contributed by atoms with E-state index in [1.807, 2.05) is 0 Å². The number of rotatable bonds is 2. The topological polar surface area (TPSA) is 47.9 Å². The zero-order valence-corrected chi connectivity index (χ0v) is 11.1. The van der Waals surface area contributed by atoms with E-state index in [-0.39, 0.29) is 22.1 Å². The molecule has 0 aliphatic heterocycles. The Bertz CT molecular complexity index is 570. The van der Waals surface area contributed by atoms with Gasteiger partial charge in [-0.2, -0.15) is 4.98 Å². The number of hydrogen-bond donors (Lipinski definition) is 0. The highest BCUT2D eigenvalue weighted by Gasteiger charge is 2.11. The molecule has 1 aromatic carbocycles. The fraction of sp³-hybridized carbons (Fsp3) is 0. The summed E-state index contributed by atoms with van der Waals surface area (Å²) in [7, 11) is 0. The van der Waals surface area contributed by atoms with Gasteiger partial charge in [0.25, 0.3) is 5.88 Å². The Kier molecular flexibility index (Phi) is 3.76. The van der Waals surface area contributed by atoms with Crippen molar-refractivity contribution < 1.29 is 9.13 Å². The molecule has 88 valence electrons. The van der Waals surface area contributed by atoms with Crippen molar-refractivity contribution in [2.24, 2.45) is 0 Å². The van der Waals surface area contributed by atoms with Crippen LogP contribution in [0.5, 0.6) is 11.6 Å². The molecule has 8 heteroatoms. The fourth-order valence-electron chi connectivity index (χ4n) is 1.01. The summed E-state index contributed by atoms with van der Waals surface area (Å²) in [6.07, 6.45) is 0. The van der Waals surface area contributed by atoms with Crippen molar-refractivity contribution in [2.45, 2.75) is 0 Å². The number of nitrogens with zero attached hydrogens (tertiary/aromatic N) is 3. The molecule has 0 fully saturated rings. The van der Waals surface area contributed by atoms with Gasteiger partial charge < -0.3 is 4.74 Å². The fourth-order valence-corrected chi connectivity index (χ4v) is 1.57. The van der Waals surface area contributed by atoms with Gasteiger partial charge in [0.05, 0.1) is 0 Å². The normalized spacial score (nSPS) is 10.4. The number of ether oxygens (including phenoxy) is 1. The molecule has 2 rings (SSSR count). The van der Waals surface area contributed by atoms with Crippen LogP contribution < -0.4 is 4.74 Å². The molecule has 2 aromatic rings. The van der Waals surface area contributed by atoms with Crippen molar-refractivity contribution in [1.29, 1.82) is 0 Å². The third-order valence-corrected chi connectivity index (χ3v) is 2.58. The molecule has 4 nitrogen and oxygen atoms in total. The second kappa shape index (κ2) is 5.12. The Labute approximate surface area is 114 Å². The van der Waals surface area contributed by atoms with Crippen LogP contribution >= 0.6 is 39.1 Å². The van der Waals surface area contributed by atoms with Gasteiger partial charge in [-0.15, -0.1) is 10.2 Å². The minimum Gasteiger partial charge on any atom is -0.433 e. The van der Waals surface area contributed by atoms with Crippen LogP contribution in [0.1, 0.15) is 0 Å². The lowest BCUT2D eigenvalue weighted by atomic mass is 10.3. The van der Waals surface area contributed by atoms with E-state index < -0.39 is 5.82 Å². The van der Waals surface area contributed by atoms with Crippen LogP contribution in [0.2, 0.25) is 10.4 Å². The molecule has 0 aliphatic carbocycles. The van der Waals surface area contributed by atoms with E-state index in [0.717, 1.165) is 0 Å². The van der Waals surface area contributed by atoms with Gasteiger partial charge in [0.15, 0.2) is 11.6 Å². The van der Waals surface area contributed by atoms with Crippen LogP contribution in [0.3, 0.4) is 0 Å². The summed E-state index contributed by atoms with van der Waals surface area (Å²) in [4.78, 5) is 3.69. The van der Waals surface area contributed by atoms with Crippen molar-refractivity contribution in [3.8, 4) is 11.6 Å². The molecule has 0 radical (unpaired) electrons. The summed E-state index contributed by atoms with van der Waals surface area (Å²) in [5.41, 5.74) is 0. The highest BCUT2D eigenvalue weighted by molar-refractivity contribution is 9.10. The monoisotopic (exact) mass is 337 g/mol. The molecular weight excluding hydrogens is 336 g/mol. The molecule has 0 saturated carbocycles. The van der Waals surface area contributed by atoms with E-state index in [2.05, 4.69) is 31.1 Å². The molecule has 0 aliphatic rings. The third kappa shape index (κ3) is 3.02. The van der Waals surface area contributed by atoms with Crippen LogP contribution in [0.15, 0.2) is 22.7 Å². The lowest BCUT2D eigenvalue weighted by Gasteiger charge is -2.06. The van der Waals surface area contributed by atoms with Crippen molar-refractivity contribution >= 4 is 39.1 Å². The van der Waals surface area contributed by atoms with Crippen LogP contribution in [0.4, 0.5) is 4.39 Å². The predicted octanol–water partition coefficient (Wildman–Crippen LogP) is 3.87. The molecule has 0 N–H and O–H groups in total. The minimum absolute atomic E-state index is 0.0355. The zero-order valence-electron chi connectivity index (χ0n) is 7.99. The minimum atomic E-state index is -0.565. The van der Waals surface area contributed by atoms with Gasteiger partial charge in [-0.25, -0.2) is 4.39 Å². The maximum absolute atomic E-state index is 13.5. The molecule has 1 heterocycles. The molecule has 1 aromatic heterocycles. The van der Waals surface area contributed by atoms with Crippen molar-refractivity contribution in [1.82, 2.24) is 15.2 Å². The van der Waals surface area contributed by atoms with Gasteiger partial charge in [0.1, 0.15) is 0 Å². The van der Waals surface area contributed by atoms with Crippen molar-refractivity contribution in [3.63, 3.8) is 0 Å². The summed E-state index contributed by atoms with van der Waals surface area (Å²) >= 11 is 14.3. The first kappa shape index (κ1) is 12.5. The molecule has 0 spiro atoms. The Morgan fingerprint density at radius 2 is 2.00 bits per heavy atom. The average molecular weight is 339 g/mol. The highest BCUT2D eigenvalue weighted by atomic mass is 79.9. The second-order valence-corrected chi connectivity index (χ2v) is 4.47. The van der Waals surface area contributed by atoms with Gasteiger partial charge in [-0.1, -0.05) is 27.5 Å². The Morgan fingerprint density at radius 3 is 2.71 bits per heavy atom. The quantitative estimate of drug-likeness (QED) is 0.833. The van der Waals surface area contributed by atoms with Crippen molar-refractivity contribution in [3.05, 3.63) is 38.9 Å². The van der Waals surface area contributed by atoms with Gasteiger partial charge in [-0.3, -0.25) is 0 Å². The first-order chi connectivity index (χ1) is 8.06. The van der Waals surface area contributed by atoms with E-state index in [1.54, 1.807) is 6.07 Å². The summed E-state index contributed by atoms with van der Waals surface area (Å²) in [5, 5.41) is 6.66.